The summed E-state index contributed by atoms with van der Waals surface area (Å²) in [7, 11) is -3.69. The van der Waals surface area contributed by atoms with E-state index in [2.05, 4.69) is 4.72 Å². The van der Waals surface area contributed by atoms with Crippen LogP contribution in [0.5, 0.6) is 0 Å². The van der Waals surface area contributed by atoms with Gasteiger partial charge in [-0.25, -0.2) is 17.9 Å². The van der Waals surface area contributed by atoms with Crippen molar-refractivity contribution in [3.63, 3.8) is 0 Å². The molecule has 2 rings (SSSR count). The largest absolute Gasteiger partial charge is 0.478 e. The first-order chi connectivity index (χ1) is 9.33. The molecule has 0 aliphatic heterocycles. The molecule has 0 aliphatic rings. The first kappa shape index (κ1) is 14.8. The van der Waals surface area contributed by atoms with Gasteiger partial charge >= 0.3 is 5.97 Å². The van der Waals surface area contributed by atoms with E-state index >= 15 is 0 Å². The number of aryl methyl sites for hydroxylation is 2. The highest BCUT2D eigenvalue weighted by atomic mass is 32.2. The molecule has 20 heavy (non-hydrogen) atoms. The molecule has 0 saturated carbocycles. The number of furan rings is 1. The molecular formula is C12H13NO5S2. The van der Waals surface area contributed by atoms with Gasteiger partial charge in [-0.05, 0) is 30.9 Å². The Hall–Kier alpha value is -1.64. The van der Waals surface area contributed by atoms with Crippen LogP contribution < -0.4 is 4.72 Å². The van der Waals surface area contributed by atoms with Crippen molar-refractivity contribution in [2.24, 2.45) is 0 Å². The molecule has 2 aromatic rings. The molecule has 0 radical (unpaired) electrons. The van der Waals surface area contributed by atoms with Gasteiger partial charge in [0.2, 0.25) is 10.0 Å². The molecule has 0 aromatic carbocycles. The van der Waals surface area contributed by atoms with Crippen LogP contribution in [0.25, 0.3) is 0 Å². The van der Waals surface area contributed by atoms with Gasteiger partial charge in [0, 0.05) is 4.88 Å². The van der Waals surface area contributed by atoms with Crippen LogP contribution in [0, 0.1) is 13.8 Å². The number of sulfonamides is 1. The summed E-state index contributed by atoms with van der Waals surface area (Å²) in [6.45, 7) is 3.24. The molecule has 2 heterocycles. The van der Waals surface area contributed by atoms with Crippen molar-refractivity contribution in [2.45, 2.75) is 25.3 Å². The highest BCUT2D eigenvalue weighted by molar-refractivity contribution is 7.89. The van der Waals surface area contributed by atoms with Gasteiger partial charge in [0.25, 0.3) is 0 Å². The summed E-state index contributed by atoms with van der Waals surface area (Å²) < 4.78 is 31.8. The first-order valence-corrected chi connectivity index (χ1v) is 8.03. The fraction of sp³-hybridized carbons (Fsp3) is 0.250. The molecule has 2 aromatic heterocycles. The third-order valence-electron chi connectivity index (χ3n) is 2.76. The minimum Gasteiger partial charge on any atom is -0.478 e. The molecule has 0 unspecified atom stereocenters. The van der Waals surface area contributed by atoms with Crippen molar-refractivity contribution in [3.05, 3.63) is 39.5 Å². The molecule has 2 N–H and O–H groups in total. The van der Waals surface area contributed by atoms with Crippen molar-refractivity contribution in [1.29, 1.82) is 0 Å². The van der Waals surface area contributed by atoms with Crippen LogP contribution in [-0.4, -0.2) is 19.5 Å². The molecule has 0 spiro atoms. The maximum atomic E-state index is 12.2. The Bertz CT molecular complexity index is 722. The van der Waals surface area contributed by atoms with Gasteiger partial charge in [-0.1, -0.05) is 0 Å². The van der Waals surface area contributed by atoms with Crippen molar-refractivity contribution in [2.75, 3.05) is 0 Å². The van der Waals surface area contributed by atoms with E-state index in [9.17, 15) is 13.2 Å². The van der Waals surface area contributed by atoms with Crippen molar-refractivity contribution in [3.8, 4) is 0 Å². The lowest BCUT2D eigenvalue weighted by atomic mass is 10.2. The fourth-order valence-electron chi connectivity index (χ4n) is 1.86. The van der Waals surface area contributed by atoms with Gasteiger partial charge < -0.3 is 9.52 Å². The molecule has 0 saturated heterocycles. The minimum atomic E-state index is -3.69. The minimum absolute atomic E-state index is 0.0496. The SMILES string of the molecule is Cc1csc(C)c1S(=O)(=O)NCc1occc1C(=O)O. The van der Waals surface area contributed by atoms with Crippen molar-refractivity contribution in [1.82, 2.24) is 4.72 Å². The van der Waals surface area contributed by atoms with E-state index < -0.39 is 16.0 Å². The molecule has 108 valence electrons. The third-order valence-corrected chi connectivity index (χ3v) is 5.61. The van der Waals surface area contributed by atoms with Gasteiger partial charge in [-0.2, -0.15) is 0 Å². The maximum absolute atomic E-state index is 12.2. The maximum Gasteiger partial charge on any atom is 0.339 e. The Kier molecular flexibility index (Phi) is 3.98. The van der Waals surface area contributed by atoms with E-state index in [1.165, 1.54) is 23.7 Å². The second-order valence-corrected chi connectivity index (χ2v) is 6.98. The molecule has 0 atom stereocenters. The van der Waals surface area contributed by atoms with Crippen molar-refractivity contribution < 1.29 is 22.7 Å². The zero-order valence-electron chi connectivity index (χ0n) is 10.8. The lowest BCUT2D eigenvalue weighted by Gasteiger charge is -2.07. The molecule has 0 aliphatic carbocycles. The summed E-state index contributed by atoms with van der Waals surface area (Å²) in [6.07, 6.45) is 1.22. The van der Waals surface area contributed by atoms with Gasteiger partial charge in [0.15, 0.2) is 0 Å². The number of hydrogen-bond acceptors (Lipinski definition) is 5. The van der Waals surface area contributed by atoms with Crippen LogP contribution in [0.3, 0.4) is 0 Å². The van der Waals surface area contributed by atoms with Gasteiger partial charge in [-0.15, -0.1) is 11.3 Å². The van der Waals surface area contributed by atoms with Crippen LogP contribution in [0.4, 0.5) is 0 Å². The Morgan fingerprint density at radius 2 is 2.15 bits per heavy atom. The summed E-state index contributed by atoms with van der Waals surface area (Å²) in [6, 6.07) is 1.28. The standard InChI is InChI=1S/C12H13NO5S2/c1-7-6-19-8(2)11(7)20(16,17)13-5-10-9(12(14)15)3-4-18-10/h3-4,6,13H,5H2,1-2H3,(H,14,15). The van der Waals surface area contributed by atoms with Crippen LogP contribution in [0.1, 0.15) is 26.6 Å². The normalized spacial score (nSPS) is 11.7. The predicted molar refractivity (Wildman–Crippen MR) is 73.5 cm³/mol. The predicted octanol–water partition coefficient (Wildman–Crippen LogP) is 2.13. The van der Waals surface area contributed by atoms with Crippen LogP contribution in [0.2, 0.25) is 0 Å². The summed E-state index contributed by atoms with van der Waals surface area (Å²) >= 11 is 1.35. The number of rotatable bonds is 5. The molecule has 0 bridgehead atoms. The van der Waals surface area contributed by atoms with Crippen molar-refractivity contribution >= 4 is 27.3 Å². The lowest BCUT2D eigenvalue weighted by molar-refractivity contribution is 0.0694. The molecule has 6 nitrogen and oxygen atoms in total. The Labute approximate surface area is 120 Å². The second kappa shape index (κ2) is 5.39. The summed E-state index contributed by atoms with van der Waals surface area (Å²) in [5.74, 6) is -1.08. The lowest BCUT2D eigenvalue weighted by Crippen LogP contribution is -2.24. The fourth-order valence-corrected chi connectivity index (χ4v) is 4.48. The number of nitrogens with one attached hydrogen (secondary N) is 1. The average molecular weight is 315 g/mol. The van der Waals surface area contributed by atoms with Gasteiger partial charge in [0.1, 0.15) is 11.3 Å². The Balaban J connectivity index is 2.22. The van der Waals surface area contributed by atoms with E-state index in [0.29, 0.717) is 10.4 Å². The van der Waals surface area contributed by atoms with E-state index in [0.717, 1.165) is 0 Å². The smallest absolute Gasteiger partial charge is 0.339 e. The van der Waals surface area contributed by atoms with Gasteiger partial charge in [-0.3, -0.25) is 0 Å². The number of thiophene rings is 1. The van der Waals surface area contributed by atoms with E-state index in [-0.39, 0.29) is 22.8 Å². The molecule has 8 heteroatoms. The quantitative estimate of drug-likeness (QED) is 0.881. The third kappa shape index (κ3) is 2.77. The Morgan fingerprint density at radius 3 is 2.70 bits per heavy atom. The number of aromatic carboxylic acids is 1. The Morgan fingerprint density at radius 1 is 1.45 bits per heavy atom. The van der Waals surface area contributed by atoms with E-state index in [4.69, 9.17) is 9.52 Å². The van der Waals surface area contributed by atoms with Crippen LogP contribution in [-0.2, 0) is 16.6 Å². The van der Waals surface area contributed by atoms with Crippen LogP contribution in [0.15, 0.2) is 27.0 Å². The molecule has 0 amide bonds. The molecular weight excluding hydrogens is 302 g/mol. The molecule has 0 fully saturated rings. The topological polar surface area (TPSA) is 96.6 Å². The van der Waals surface area contributed by atoms with E-state index in [1.807, 2.05) is 0 Å². The zero-order valence-corrected chi connectivity index (χ0v) is 12.5. The number of hydrogen-bond donors (Lipinski definition) is 2. The summed E-state index contributed by atoms with van der Waals surface area (Å²) in [5, 5.41) is 10.7. The zero-order chi connectivity index (χ0) is 14.9. The van der Waals surface area contributed by atoms with Crippen LogP contribution >= 0.6 is 11.3 Å². The van der Waals surface area contributed by atoms with Gasteiger partial charge in [0.05, 0.1) is 17.7 Å². The second-order valence-electron chi connectivity index (χ2n) is 4.19. The highest BCUT2D eigenvalue weighted by Crippen LogP contribution is 2.25. The summed E-state index contributed by atoms with van der Waals surface area (Å²) in [4.78, 5) is 11.8. The first-order valence-electron chi connectivity index (χ1n) is 5.67. The number of carbonyl (C=O) groups is 1. The highest BCUT2D eigenvalue weighted by Gasteiger charge is 2.22. The monoisotopic (exact) mass is 315 g/mol. The van der Waals surface area contributed by atoms with E-state index in [1.54, 1.807) is 19.2 Å². The number of carboxylic acids is 1. The number of carboxylic acid groups (broad SMARTS) is 1. The average Bonchev–Trinajstić information content (AvgIpc) is 2.94. The summed E-state index contributed by atoms with van der Waals surface area (Å²) in [5.41, 5.74) is 0.615.